The van der Waals surface area contributed by atoms with E-state index in [1.807, 2.05) is 30.5 Å². The molecular formula is C15H13Cl2N3. The highest BCUT2D eigenvalue weighted by Gasteiger charge is 2.05. The summed E-state index contributed by atoms with van der Waals surface area (Å²) in [5, 5.41) is 12.8. The average molecular weight is 306 g/mol. The highest BCUT2D eigenvalue weighted by molar-refractivity contribution is 6.35. The maximum Gasteiger partial charge on any atom is 0.0650 e. The number of fused-ring (bicyclic) bond motifs is 1. The van der Waals surface area contributed by atoms with Gasteiger partial charge in [0.05, 0.1) is 11.7 Å². The highest BCUT2D eigenvalue weighted by atomic mass is 35.5. The van der Waals surface area contributed by atoms with Gasteiger partial charge in [-0.15, -0.1) is 0 Å². The third kappa shape index (κ3) is 2.80. The van der Waals surface area contributed by atoms with E-state index in [0.717, 1.165) is 23.0 Å². The van der Waals surface area contributed by atoms with Crippen LogP contribution in [0.3, 0.4) is 0 Å². The largest absolute Gasteiger partial charge is 0.309 e. The molecular weight excluding hydrogens is 293 g/mol. The molecule has 3 nitrogen and oxygen atoms in total. The van der Waals surface area contributed by atoms with Gasteiger partial charge in [-0.05, 0) is 29.8 Å². The molecule has 0 aliphatic carbocycles. The van der Waals surface area contributed by atoms with Gasteiger partial charge in [0, 0.05) is 34.1 Å². The Morgan fingerprint density at radius 2 is 1.85 bits per heavy atom. The van der Waals surface area contributed by atoms with Crippen LogP contribution >= 0.6 is 23.2 Å². The molecule has 0 amide bonds. The van der Waals surface area contributed by atoms with Gasteiger partial charge in [0.25, 0.3) is 0 Å². The van der Waals surface area contributed by atoms with Crippen LogP contribution in [0.5, 0.6) is 0 Å². The lowest BCUT2D eigenvalue weighted by Gasteiger charge is -2.08. The number of nitrogens with one attached hydrogen (secondary N) is 2. The van der Waals surface area contributed by atoms with Crippen molar-refractivity contribution >= 4 is 34.1 Å². The summed E-state index contributed by atoms with van der Waals surface area (Å²) in [5.41, 5.74) is 3.17. The van der Waals surface area contributed by atoms with Gasteiger partial charge >= 0.3 is 0 Å². The van der Waals surface area contributed by atoms with E-state index in [1.54, 1.807) is 0 Å². The van der Waals surface area contributed by atoms with Crippen molar-refractivity contribution in [1.82, 2.24) is 15.5 Å². The molecule has 0 aliphatic heterocycles. The Bertz CT molecular complexity index is 717. The number of nitrogens with zero attached hydrogens (tertiary/aromatic N) is 1. The lowest BCUT2D eigenvalue weighted by Crippen LogP contribution is -2.13. The minimum absolute atomic E-state index is 0.641. The Balaban J connectivity index is 1.67. The summed E-state index contributed by atoms with van der Waals surface area (Å²) in [4.78, 5) is 0. The van der Waals surface area contributed by atoms with Gasteiger partial charge in [0.1, 0.15) is 0 Å². The predicted octanol–water partition coefficient (Wildman–Crippen LogP) is 4.16. The maximum atomic E-state index is 6.14. The van der Waals surface area contributed by atoms with Crippen LogP contribution in [0.1, 0.15) is 11.1 Å². The average Bonchev–Trinajstić information content (AvgIpc) is 2.89. The first-order valence-electron chi connectivity index (χ1n) is 6.29. The van der Waals surface area contributed by atoms with E-state index in [4.69, 9.17) is 23.2 Å². The Labute approximate surface area is 126 Å². The van der Waals surface area contributed by atoms with Crippen molar-refractivity contribution in [3.05, 3.63) is 63.8 Å². The molecule has 5 heteroatoms. The summed E-state index contributed by atoms with van der Waals surface area (Å²) in [7, 11) is 0. The van der Waals surface area contributed by atoms with Crippen LogP contribution in [0, 0.1) is 0 Å². The number of H-pyrrole nitrogens is 1. The van der Waals surface area contributed by atoms with E-state index in [1.165, 1.54) is 5.56 Å². The molecule has 3 rings (SSSR count). The Morgan fingerprint density at radius 1 is 1.05 bits per heavy atom. The monoisotopic (exact) mass is 305 g/mol. The summed E-state index contributed by atoms with van der Waals surface area (Å²) in [5.74, 6) is 0. The molecule has 20 heavy (non-hydrogen) atoms. The molecule has 0 fully saturated rings. The fourth-order valence-electron chi connectivity index (χ4n) is 2.14. The first-order valence-corrected chi connectivity index (χ1v) is 7.05. The van der Waals surface area contributed by atoms with Gasteiger partial charge < -0.3 is 5.32 Å². The summed E-state index contributed by atoms with van der Waals surface area (Å²) < 4.78 is 0. The normalized spacial score (nSPS) is 11.1. The van der Waals surface area contributed by atoms with Gasteiger partial charge in [-0.3, -0.25) is 5.10 Å². The summed E-state index contributed by atoms with van der Waals surface area (Å²) >= 11 is 12.3. The van der Waals surface area contributed by atoms with Crippen LogP contribution in [0.2, 0.25) is 10.0 Å². The van der Waals surface area contributed by atoms with Crippen molar-refractivity contribution in [3.8, 4) is 0 Å². The third-order valence-corrected chi connectivity index (χ3v) is 3.91. The molecule has 0 unspecified atom stereocenters. The number of hydrogen-bond acceptors (Lipinski definition) is 2. The van der Waals surface area contributed by atoms with Crippen LogP contribution in [0.15, 0.2) is 42.6 Å². The Morgan fingerprint density at radius 3 is 2.65 bits per heavy atom. The maximum absolute atomic E-state index is 6.14. The second-order valence-electron chi connectivity index (χ2n) is 4.60. The lowest BCUT2D eigenvalue weighted by atomic mass is 10.1. The van der Waals surface area contributed by atoms with E-state index >= 15 is 0 Å². The molecule has 0 radical (unpaired) electrons. The van der Waals surface area contributed by atoms with Crippen LogP contribution in [-0.4, -0.2) is 10.2 Å². The minimum atomic E-state index is 0.641. The number of rotatable bonds is 4. The number of aromatic nitrogens is 2. The van der Waals surface area contributed by atoms with Gasteiger partial charge in [-0.2, -0.15) is 5.10 Å². The summed E-state index contributed by atoms with van der Waals surface area (Å²) in [6.45, 7) is 1.39. The first-order chi connectivity index (χ1) is 9.74. The van der Waals surface area contributed by atoms with E-state index in [-0.39, 0.29) is 0 Å². The molecule has 1 heterocycles. The quantitative estimate of drug-likeness (QED) is 0.760. The van der Waals surface area contributed by atoms with Crippen LogP contribution in [0.4, 0.5) is 0 Å². The van der Waals surface area contributed by atoms with Gasteiger partial charge in [0.2, 0.25) is 0 Å². The topological polar surface area (TPSA) is 40.7 Å². The van der Waals surface area contributed by atoms with Crippen LogP contribution in [-0.2, 0) is 13.1 Å². The Hall–Kier alpha value is -1.55. The number of hydrogen-bond donors (Lipinski definition) is 2. The van der Waals surface area contributed by atoms with Crippen molar-refractivity contribution in [3.63, 3.8) is 0 Å². The third-order valence-electron chi connectivity index (χ3n) is 3.20. The number of aromatic amines is 1. The van der Waals surface area contributed by atoms with Crippen LogP contribution < -0.4 is 5.32 Å². The molecule has 2 aromatic carbocycles. The molecule has 102 valence electrons. The van der Waals surface area contributed by atoms with Crippen LogP contribution in [0.25, 0.3) is 10.9 Å². The smallest absolute Gasteiger partial charge is 0.0650 e. The molecule has 1 aromatic heterocycles. The summed E-state index contributed by atoms with van der Waals surface area (Å²) in [6, 6.07) is 11.8. The van der Waals surface area contributed by atoms with Crippen molar-refractivity contribution < 1.29 is 0 Å². The lowest BCUT2D eigenvalue weighted by molar-refractivity contribution is 0.694. The molecule has 0 saturated carbocycles. The van der Waals surface area contributed by atoms with E-state index in [0.29, 0.717) is 16.6 Å². The number of halogens is 2. The predicted molar refractivity (Wildman–Crippen MR) is 83.1 cm³/mol. The van der Waals surface area contributed by atoms with E-state index in [2.05, 4.69) is 27.6 Å². The second-order valence-corrected chi connectivity index (χ2v) is 5.41. The zero-order valence-corrected chi connectivity index (χ0v) is 12.2. The molecule has 0 aliphatic rings. The Kier molecular flexibility index (Phi) is 3.92. The first kappa shape index (κ1) is 13.4. The molecule has 0 atom stereocenters. The standard InChI is InChI=1S/C15H13Cl2N3/c16-13-2-1-3-14(17)12(13)9-18-7-10-4-5-15-11(6-10)8-19-20-15/h1-6,8,18H,7,9H2,(H,19,20). The van der Waals surface area contributed by atoms with Crippen molar-refractivity contribution in [1.29, 1.82) is 0 Å². The van der Waals surface area contributed by atoms with Crippen molar-refractivity contribution in [2.45, 2.75) is 13.1 Å². The SMILES string of the molecule is Clc1cccc(Cl)c1CNCc1ccc2[nH]ncc2c1. The summed E-state index contributed by atoms with van der Waals surface area (Å²) in [6.07, 6.45) is 1.82. The zero-order chi connectivity index (χ0) is 13.9. The molecule has 0 saturated heterocycles. The fourth-order valence-corrected chi connectivity index (χ4v) is 2.67. The molecule has 2 N–H and O–H groups in total. The highest BCUT2D eigenvalue weighted by Crippen LogP contribution is 2.24. The van der Waals surface area contributed by atoms with Gasteiger partial charge in [-0.25, -0.2) is 0 Å². The van der Waals surface area contributed by atoms with E-state index in [9.17, 15) is 0 Å². The zero-order valence-electron chi connectivity index (χ0n) is 10.7. The van der Waals surface area contributed by atoms with Gasteiger partial charge in [0.15, 0.2) is 0 Å². The van der Waals surface area contributed by atoms with E-state index < -0.39 is 0 Å². The molecule has 0 bridgehead atoms. The van der Waals surface area contributed by atoms with Crippen molar-refractivity contribution in [2.24, 2.45) is 0 Å². The second kappa shape index (κ2) is 5.83. The minimum Gasteiger partial charge on any atom is -0.309 e. The fraction of sp³-hybridized carbons (Fsp3) is 0.133. The molecule has 3 aromatic rings. The van der Waals surface area contributed by atoms with Crippen molar-refractivity contribution in [2.75, 3.05) is 0 Å². The number of benzene rings is 2. The van der Waals surface area contributed by atoms with Gasteiger partial charge in [-0.1, -0.05) is 35.3 Å². The molecule has 0 spiro atoms.